The first-order chi connectivity index (χ1) is 11.4. The summed E-state index contributed by atoms with van der Waals surface area (Å²) in [5, 5.41) is 3.69. The van der Waals surface area contributed by atoms with Gasteiger partial charge in [-0.3, -0.25) is 0 Å². The van der Waals surface area contributed by atoms with Gasteiger partial charge in [-0.25, -0.2) is 0 Å². The van der Waals surface area contributed by atoms with E-state index in [0.717, 1.165) is 24.5 Å². The fourth-order valence-electron chi connectivity index (χ4n) is 3.66. The maximum absolute atomic E-state index is 5.60. The molecule has 0 fully saturated rings. The van der Waals surface area contributed by atoms with Gasteiger partial charge in [-0.1, -0.05) is 44.5 Å². The molecule has 2 aliphatic heterocycles. The molecule has 2 aliphatic rings. The molecule has 0 saturated carbocycles. The molecule has 2 aromatic rings. The summed E-state index contributed by atoms with van der Waals surface area (Å²) in [6.07, 6.45) is 1.03. The van der Waals surface area contributed by atoms with E-state index < -0.39 is 0 Å². The molecule has 2 aromatic carbocycles. The Bertz CT molecular complexity index is 789. The van der Waals surface area contributed by atoms with Crippen molar-refractivity contribution in [3.8, 4) is 11.5 Å². The molecule has 4 rings (SSSR count). The van der Waals surface area contributed by atoms with Gasteiger partial charge in [0.1, 0.15) is 0 Å². The van der Waals surface area contributed by atoms with E-state index in [9.17, 15) is 0 Å². The summed E-state index contributed by atoms with van der Waals surface area (Å²) in [4.78, 5) is 0. The van der Waals surface area contributed by atoms with Gasteiger partial charge >= 0.3 is 0 Å². The Morgan fingerprint density at radius 1 is 1.00 bits per heavy atom. The Labute approximate surface area is 144 Å². The minimum absolute atomic E-state index is 0.146. The van der Waals surface area contributed by atoms with E-state index in [-0.39, 0.29) is 11.5 Å². The molecule has 3 nitrogen and oxygen atoms in total. The Hall–Kier alpha value is -2.00. The van der Waals surface area contributed by atoms with E-state index in [2.05, 4.69) is 63.3 Å². The van der Waals surface area contributed by atoms with E-state index in [1.165, 1.54) is 27.8 Å². The fraction of sp³-hybridized carbons (Fsp3) is 0.429. The maximum Gasteiger partial charge on any atom is 0.231 e. The highest BCUT2D eigenvalue weighted by atomic mass is 16.7. The summed E-state index contributed by atoms with van der Waals surface area (Å²) in [5.41, 5.74) is 6.85. The van der Waals surface area contributed by atoms with Crippen molar-refractivity contribution in [2.75, 3.05) is 13.3 Å². The molecule has 0 amide bonds. The Morgan fingerprint density at radius 2 is 1.75 bits per heavy atom. The molecule has 1 N–H and O–H groups in total. The van der Waals surface area contributed by atoms with Crippen LogP contribution in [0.15, 0.2) is 30.3 Å². The second kappa shape index (κ2) is 5.52. The molecule has 0 aromatic heterocycles. The third-order valence-electron chi connectivity index (χ3n) is 4.99. The molecule has 0 saturated heterocycles. The first-order valence-corrected chi connectivity index (χ1v) is 8.70. The second-order valence-corrected chi connectivity index (χ2v) is 7.92. The van der Waals surface area contributed by atoms with Crippen molar-refractivity contribution >= 4 is 0 Å². The van der Waals surface area contributed by atoms with Gasteiger partial charge in [0.2, 0.25) is 6.79 Å². The number of benzene rings is 2. The largest absolute Gasteiger partial charge is 0.454 e. The van der Waals surface area contributed by atoms with Crippen LogP contribution in [0.2, 0.25) is 0 Å². The smallest absolute Gasteiger partial charge is 0.231 e. The lowest BCUT2D eigenvalue weighted by Gasteiger charge is -2.29. The van der Waals surface area contributed by atoms with Gasteiger partial charge in [0.25, 0.3) is 0 Å². The molecule has 0 aliphatic carbocycles. The number of nitrogens with one attached hydrogen (secondary N) is 1. The van der Waals surface area contributed by atoms with Crippen LogP contribution in [-0.4, -0.2) is 13.3 Å². The summed E-state index contributed by atoms with van der Waals surface area (Å²) in [6, 6.07) is 11.5. The van der Waals surface area contributed by atoms with E-state index >= 15 is 0 Å². The number of aryl methyl sites for hydroxylation is 1. The fourth-order valence-corrected chi connectivity index (χ4v) is 3.66. The molecule has 1 atom stereocenters. The van der Waals surface area contributed by atoms with Crippen LogP contribution in [0.3, 0.4) is 0 Å². The molecular formula is C21H25NO2. The number of rotatable bonds is 1. The highest BCUT2D eigenvalue weighted by molar-refractivity contribution is 5.53. The van der Waals surface area contributed by atoms with E-state index in [0.29, 0.717) is 6.79 Å². The normalized spacial score (nSPS) is 19.2. The van der Waals surface area contributed by atoms with Crippen LogP contribution in [0, 0.1) is 6.92 Å². The van der Waals surface area contributed by atoms with Gasteiger partial charge in [0.15, 0.2) is 11.5 Å². The molecule has 1 unspecified atom stereocenters. The molecule has 3 heteroatoms. The highest BCUT2D eigenvalue weighted by Crippen LogP contribution is 2.40. The predicted molar refractivity (Wildman–Crippen MR) is 96.0 cm³/mol. The Kier molecular flexibility index (Phi) is 3.57. The van der Waals surface area contributed by atoms with Crippen molar-refractivity contribution in [2.45, 2.75) is 45.6 Å². The number of fused-ring (bicyclic) bond motifs is 2. The third kappa shape index (κ3) is 2.67. The van der Waals surface area contributed by atoms with E-state index in [1.807, 2.05) is 0 Å². The molecule has 0 bridgehead atoms. The lowest BCUT2D eigenvalue weighted by molar-refractivity contribution is 0.174. The Balaban J connectivity index is 1.81. The molecule has 2 heterocycles. The van der Waals surface area contributed by atoms with Crippen molar-refractivity contribution in [1.29, 1.82) is 0 Å². The minimum Gasteiger partial charge on any atom is -0.454 e. The standard InChI is InChI=1S/C21H25NO2/c1-13-7-15(9-16(8-13)21(2,3)4)20-17-11-19-18(23-12-24-19)10-14(17)5-6-22-20/h7-11,20,22H,5-6,12H2,1-4H3. The summed E-state index contributed by atoms with van der Waals surface area (Å²) in [6.45, 7) is 10.3. The lowest BCUT2D eigenvalue weighted by atomic mass is 9.82. The predicted octanol–water partition coefficient (Wildman–Crippen LogP) is 4.26. The average Bonchev–Trinajstić information content (AvgIpc) is 2.98. The van der Waals surface area contributed by atoms with Crippen molar-refractivity contribution in [1.82, 2.24) is 5.32 Å². The molecule has 24 heavy (non-hydrogen) atoms. The van der Waals surface area contributed by atoms with Crippen molar-refractivity contribution in [2.24, 2.45) is 0 Å². The number of ether oxygens (including phenoxy) is 2. The van der Waals surface area contributed by atoms with Gasteiger partial charge in [0, 0.05) is 6.54 Å². The van der Waals surface area contributed by atoms with Gasteiger partial charge in [-0.2, -0.15) is 0 Å². The SMILES string of the molecule is Cc1cc(C2NCCc3cc4c(cc32)OCO4)cc(C(C)(C)C)c1. The van der Waals surface area contributed by atoms with Crippen molar-refractivity contribution < 1.29 is 9.47 Å². The summed E-state index contributed by atoms with van der Waals surface area (Å²) >= 11 is 0. The minimum atomic E-state index is 0.146. The topological polar surface area (TPSA) is 30.5 Å². The van der Waals surface area contributed by atoms with Gasteiger partial charge in [-0.05, 0) is 53.1 Å². The van der Waals surface area contributed by atoms with E-state index in [1.54, 1.807) is 0 Å². The van der Waals surface area contributed by atoms with Gasteiger partial charge in [0.05, 0.1) is 6.04 Å². The third-order valence-corrected chi connectivity index (χ3v) is 4.99. The van der Waals surface area contributed by atoms with Crippen LogP contribution >= 0.6 is 0 Å². The molecule has 126 valence electrons. The van der Waals surface area contributed by atoms with Crippen LogP contribution in [0.1, 0.15) is 54.6 Å². The maximum atomic E-state index is 5.60. The lowest BCUT2D eigenvalue weighted by Crippen LogP contribution is -2.31. The van der Waals surface area contributed by atoms with Gasteiger partial charge in [-0.15, -0.1) is 0 Å². The zero-order valence-electron chi connectivity index (χ0n) is 14.9. The molecule has 0 spiro atoms. The Morgan fingerprint density at radius 3 is 2.50 bits per heavy atom. The average molecular weight is 323 g/mol. The van der Waals surface area contributed by atoms with Crippen LogP contribution < -0.4 is 14.8 Å². The van der Waals surface area contributed by atoms with Crippen LogP contribution in [0.4, 0.5) is 0 Å². The number of hydrogen-bond donors (Lipinski definition) is 1. The first-order valence-electron chi connectivity index (χ1n) is 8.70. The first kappa shape index (κ1) is 15.5. The quantitative estimate of drug-likeness (QED) is 0.851. The van der Waals surface area contributed by atoms with Crippen LogP contribution in [0.5, 0.6) is 11.5 Å². The zero-order valence-corrected chi connectivity index (χ0v) is 14.9. The highest BCUT2D eigenvalue weighted by Gasteiger charge is 2.27. The van der Waals surface area contributed by atoms with Crippen molar-refractivity contribution in [3.63, 3.8) is 0 Å². The molecule has 0 radical (unpaired) electrons. The zero-order chi connectivity index (χ0) is 16.9. The number of hydrogen-bond acceptors (Lipinski definition) is 3. The van der Waals surface area contributed by atoms with Crippen molar-refractivity contribution in [3.05, 3.63) is 58.1 Å². The summed E-state index contributed by atoms with van der Waals surface area (Å²) in [5.74, 6) is 1.75. The van der Waals surface area contributed by atoms with Crippen LogP contribution in [0.25, 0.3) is 0 Å². The van der Waals surface area contributed by atoms with E-state index in [4.69, 9.17) is 9.47 Å². The van der Waals surface area contributed by atoms with Crippen LogP contribution in [-0.2, 0) is 11.8 Å². The summed E-state index contributed by atoms with van der Waals surface area (Å²) < 4.78 is 11.1. The van der Waals surface area contributed by atoms with Gasteiger partial charge < -0.3 is 14.8 Å². The summed E-state index contributed by atoms with van der Waals surface area (Å²) in [7, 11) is 0. The molecular weight excluding hydrogens is 298 g/mol. The second-order valence-electron chi connectivity index (χ2n) is 7.92. The monoisotopic (exact) mass is 323 g/mol.